The number of hydrogen-bond acceptors (Lipinski definition) is 5. The first-order chi connectivity index (χ1) is 9.97. The lowest BCUT2D eigenvalue weighted by Crippen LogP contribution is -2.25. The molecule has 5 nitrogen and oxygen atoms in total. The van der Waals surface area contributed by atoms with Gasteiger partial charge in [-0.1, -0.05) is 19.9 Å². The zero-order chi connectivity index (χ0) is 15.8. The Morgan fingerprint density at radius 1 is 1.43 bits per heavy atom. The molecule has 0 aromatic rings. The predicted octanol–water partition coefficient (Wildman–Crippen LogP) is 3.00. The van der Waals surface area contributed by atoms with E-state index in [2.05, 4.69) is 23.8 Å². The number of carbonyl (C=O) groups excluding carboxylic acids is 2. The van der Waals surface area contributed by atoms with E-state index >= 15 is 0 Å². The lowest BCUT2D eigenvalue weighted by molar-refractivity contribution is -0.135. The Hall–Kier alpha value is -1.43. The molecule has 21 heavy (non-hydrogen) atoms. The van der Waals surface area contributed by atoms with E-state index in [1.165, 1.54) is 11.8 Å². The highest BCUT2D eigenvalue weighted by atomic mass is 32.2. The summed E-state index contributed by atoms with van der Waals surface area (Å²) >= 11 is 1.40. The highest BCUT2D eigenvalue weighted by Crippen LogP contribution is 2.18. The number of hydrogen-bond donors (Lipinski definition) is 0. The molecule has 0 unspecified atom stereocenters. The van der Waals surface area contributed by atoms with Crippen molar-refractivity contribution < 1.29 is 14.3 Å². The molecule has 0 saturated heterocycles. The average Bonchev–Trinajstić information content (AvgIpc) is 2.58. The summed E-state index contributed by atoms with van der Waals surface area (Å²) in [5.41, 5.74) is 0.481. The second kappa shape index (κ2) is 8.77. The molecule has 1 heterocycles. The molecule has 1 rings (SSSR count). The second-order valence-electron chi connectivity index (χ2n) is 5.04. The van der Waals surface area contributed by atoms with Gasteiger partial charge in [-0.15, -0.1) is 11.8 Å². The molecule has 1 aliphatic rings. The van der Waals surface area contributed by atoms with Gasteiger partial charge in [0.25, 0.3) is 0 Å². The molecule has 0 fully saturated rings. The SMILES string of the molecule is CCOC(=O)C1=NC(=CCCC(C)C)CC(SC)=NC1=O. The second-order valence-corrected chi connectivity index (χ2v) is 5.92. The van der Waals surface area contributed by atoms with Crippen LogP contribution in [0.4, 0.5) is 0 Å². The summed E-state index contributed by atoms with van der Waals surface area (Å²) in [6.07, 6.45) is 6.21. The maximum atomic E-state index is 12.0. The Morgan fingerprint density at radius 2 is 2.14 bits per heavy atom. The summed E-state index contributed by atoms with van der Waals surface area (Å²) in [6, 6.07) is 0. The zero-order valence-corrected chi connectivity index (χ0v) is 13.8. The van der Waals surface area contributed by atoms with Crippen LogP contribution in [0.5, 0.6) is 0 Å². The maximum absolute atomic E-state index is 12.0. The third-order valence-corrected chi connectivity index (χ3v) is 3.55. The van der Waals surface area contributed by atoms with Crippen LogP contribution in [0.2, 0.25) is 0 Å². The van der Waals surface area contributed by atoms with Gasteiger partial charge in [0, 0.05) is 12.1 Å². The van der Waals surface area contributed by atoms with E-state index in [1.54, 1.807) is 6.92 Å². The fraction of sp³-hybridized carbons (Fsp3) is 0.600. The molecule has 0 aliphatic carbocycles. The average molecular weight is 310 g/mol. The number of carbonyl (C=O) groups is 2. The molecule has 1 aliphatic heterocycles. The molecule has 0 atom stereocenters. The summed E-state index contributed by atoms with van der Waals surface area (Å²) in [6.45, 7) is 6.20. The minimum Gasteiger partial charge on any atom is -0.461 e. The summed E-state index contributed by atoms with van der Waals surface area (Å²) in [7, 11) is 0. The first kappa shape index (κ1) is 17.6. The smallest absolute Gasteiger partial charge is 0.362 e. The van der Waals surface area contributed by atoms with Crippen molar-refractivity contribution in [3.8, 4) is 0 Å². The highest BCUT2D eigenvalue weighted by Gasteiger charge is 2.25. The molecular weight excluding hydrogens is 288 g/mol. The van der Waals surface area contributed by atoms with Gasteiger partial charge >= 0.3 is 11.9 Å². The van der Waals surface area contributed by atoms with E-state index in [0.29, 0.717) is 23.1 Å². The van der Waals surface area contributed by atoms with Crippen molar-refractivity contribution in [1.29, 1.82) is 0 Å². The molecule has 0 aromatic carbocycles. The number of ether oxygens (including phenoxy) is 1. The fourth-order valence-corrected chi connectivity index (χ4v) is 2.21. The number of amides is 1. The summed E-state index contributed by atoms with van der Waals surface area (Å²) in [5.74, 6) is -0.732. The van der Waals surface area contributed by atoms with Crippen LogP contribution in [0.25, 0.3) is 0 Å². The minimum absolute atomic E-state index is 0.205. The van der Waals surface area contributed by atoms with Crippen molar-refractivity contribution >= 4 is 34.4 Å². The van der Waals surface area contributed by atoms with E-state index in [-0.39, 0.29) is 12.3 Å². The molecule has 0 N–H and O–H groups in total. The summed E-state index contributed by atoms with van der Waals surface area (Å²) in [4.78, 5) is 31.9. The number of thioether (sulfide) groups is 1. The van der Waals surface area contributed by atoms with Crippen LogP contribution in [-0.4, -0.2) is 35.5 Å². The van der Waals surface area contributed by atoms with Crippen molar-refractivity contribution in [1.82, 2.24) is 0 Å². The van der Waals surface area contributed by atoms with Crippen molar-refractivity contribution in [3.05, 3.63) is 11.8 Å². The third-order valence-electron chi connectivity index (χ3n) is 2.84. The predicted molar refractivity (Wildman–Crippen MR) is 86.8 cm³/mol. The largest absolute Gasteiger partial charge is 0.461 e. The van der Waals surface area contributed by atoms with Crippen LogP contribution in [0.3, 0.4) is 0 Å². The maximum Gasteiger partial charge on any atom is 0.362 e. The van der Waals surface area contributed by atoms with E-state index in [1.807, 2.05) is 12.3 Å². The molecule has 0 aromatic heterocycles. The van der Waals surface area contributed by atoms with Crippen molar-refractivity contribution in [2.24, 2.45) is 15.9 Å². The molecule has 6 heteroatoms. The summed E-state index contributed by atoms with van der Waals surface area (Å²) in [5, 5.41) is 0.666. The van der Waals surface area contributed by atoms with Gasteiger partial charge in [-0.25, -0.2) is 14.8 Å². The number of rotatable bonds is 5. The van der Waals surface area contributed by atoms with Crippen LogP contribution in [0.15, 0.2) is 21.8 Å². The Kier molecular flexibility index (Phi) is 7.36. The van der Waals surface area contributed by atoms with E-state index < -0.39 is 11.9 Å². The van der Waals surface area contributed by atoms with E-state index in [9.17, 15) is 9.59 Å². The van der Waals surface area contributed by atoms with E-state index in [4.69, 9.17) is 4.74 Å². The van der Waals surface area contributed by atoms with Crippen LogP contribution >= 0.6 is 11.8 Å². The standard InChI is InChI=1S/C15H22N2O3S/c1-5-20-15(19)13-14(18)17-12(21-4)9-11(16-13)8-6-7-10(2)3/h8,10H,5-7,9H2,1-4H3. The molecule has 1 amide bonds. The third kappa shape index (κ3) is 5.83. The molecule has 116 valence electrons. The Bertz CT molecular complexity index is 493. The molecule has 0 bridgehead atoms. The van der Waals surface area contributed by atoms with Gasteiger partial charge in [0.2, 0.25) is 5.71 Å². The van der Waals surface area contributed by atoms with Crippen LogP contribution in [0.1, 0.15) is 40.0 Å². The Morgan fingerprint density at radius 3 is 2.71 bits per heavy atom. The Labute approximate surface area is 130 Å². The van der Waals surface area contributed by atoms with Crippen LogP contribution < -0.4 is 0 Å². The molecule has 0 spiro atoms. The number of esters is 1. The number of allylic oxidation sites excluding steroid dienone is 2. The van der Waals surface area contributed by atoms with E-state index in [0.717, 1.165) is 12.8 Å². The van der Waals surface area contributed by atoms with Crippen molar-refractivity contribution in [3.63, 3.8) is 0 Å². The number of aliphatic imine (C=N–C) groups is 2. The molecule has 0 saturated carbocycles. The van der Waals surface area contributed by atoms with Gasteiger partial charge in [0.15, 0.2) is 0 Å². The van der Waals surface area contributed by atoms with Gasteiger partial charge < -0.3 is 4.74 Å². The van der Waals surface area contributed by atoms with Gasteiger partial charge in [-0.3, -0.25) is 4.79 Å². The summed E-state index contributed by atoms with van der Waals surface area (Å²) < 4.78 is 4.87. The monoisotopic (exact) mass is 310 g/mol. The molecular formula is C15H22N2O3S. The first-order valence-corrected chi connectivity index (χ1v) is 8.31. The lowest BCUT2D eigenvalue weighted by Gasteiger charge is -2.04. The fourth-order valence-electron chi connectivity index (χ4n) is 1.74. The topological polar surface area (TPSA) is 68.1 Å². The molecule has 0 radical (unpaired) electrons. The highest BCUT2D eigenvalue weighted by molar-refractivity contribution is 8.13. The quantitative estimate of drug-likeness (QED) is 0.732. The van der Waals surface area contributed by atoms with Gasteiger partial charge in [0.1, 0.15) is 0 Å². The van der Waals surface area contributed by atoms with Gasteiger partial charge in [-0.05, 0) is 31.9 Å². The van der Waals surface area contributed by atoms with Gasteiger partial charge in [-0.2, -0.15) is 0 Å². The van der Waals surface area contributed by atoms with Crippen LogP contribution in [0, 0.1) is 5.92 Å². The van der Waals surface area contributed by atoms with Gasteiger partial charge in [0.05, 0.1) is 11.7 Å². The number of nitrogens with zero attached hydrogens (tertiary/aromatic N) is 2. The lowest BCUT2D eigenvalue weighted by atomic mass is 10.1. The first-order valence-electron chi connectivity index (χ1n) is 7.08. The normalized spacial score (nSPS) is 17.6. The minimum atomic E-state index is -0.705. The van der Waals surface area contributed by atoms with Crippen molar-refractivity contribution in [2.75, 3.05) is 12.9 Å². The zero-order valence-electron chi connectivity index (χ0n) is 13.0. The van der Waals surface area contributed by atoms with Crippen molar-refractivity contribution in [2.45, 2.75) is 40.0 Å². The Balaban J connectivity index is 3.02. The van der Waals surface area contributed by atoms with Crippen LogP contribution in [-0.2, 0) is 14.3 Å².